The highest BCUT2D eigenvalue weighted by Crippen LogP contribution is 2.20. The summed E-state index contributed by atoms with van der Waals surface area (Å²) in [6, 6.07) is 10.4. The van der Waals surface area contributed by atoms with Crippen LogP contribution in [0.25, 0.3) is 5.57 Å². The largest absolute Gasteiger partial charge is 0.0998 e. The lowest BCUT2D eigenvalue weighted by molar-refractivity contribution is 1.23. The summed E-state index contributed by atoms with van der Waals surface area (Å²) >= 11 is 0. The molecule has 0 aliphatic heterocycles. The Morgan fingerprint density at radius 3 is 2.38 bits per heavy atom. The summed E-state index contributed by atoms with van der Waals surface area (Å²) in [7, 11) is 0. The lowest BCUT2D eigenvalue weighted by Gasteiger charge is -2.06. The van der Waals surface area contributed by atoms with Gasteiger partial charge in [-0.1, -0.05) is 48.6 Å². The van der Waals surface area contributed by atoms with E-state index in [9.17, 15) is 0 Å². The van der Waals surface area contributed by atoms with E-state index in [1.165, 1.54) is 16.7 Å². The minimum Gasteiger partial charge on any atom is -0.0998 e. The molecule has 0 atom stereocenters. The van der Waals surface area contributed by atoms with Gasteiger partial charge in [-0.2, -0.15) is 0 Å². The van der Waals surface area contributed by atoms with E-state index in [2.05, 4.69) is 50.8 Å². The summed E-state index contributed by atoms with van der Waals surface area (Å²) in [6.07, 6.45) is 3.13. The molecule has 0 N–H and O–H groups in total. The van der Waals surface area contributed by atoms with Crippen LogP contribution in [0.2, 0.25) is 0 Å². The van der Waals surface area contributed by atoms with Crippen LogP contribution in [-0.4, -0.2) is 0 Å². The fourth-order valence-electron chi connectivity index (χ4n) is 1.35. The summed E-state index contributed by atoms with van der Waals surface area (Å²) in [5.41, 5.74) is 3.86. The Balaban J connectivity index is 2.86. The quantitative estimate of drug-likeness (QED) is 0.603. The number of hydrogen-bond acceptors (Lipinski definition) is 0. The molecule has 0 spiro atoms. The molecule has 0 bridgehead atoms. The minimum atomic E-state index is 0.973. The average Bonchev–Trinajstić information content (AvgIpc) is 2.15. The van der Waals surface area contributed by atoms with Crippen molar-refractivity contribution in [3.05, 3.63) is 54.1 Å². The van der Waals surface area contributed by atoms with Gasteiger partial charge in [-0.05, 0) is 31.4 Å². The third kappa shape index (κ3) is 2.90. The van der Waals surface area contributed by atoms with Crippen molar-refractivity contribution in [2.45, 2.75) is 20.3 Å². The molecule has 0 aliphatic rings. The van der Waals surface area contributed by atoms with E-state index < -0.39 is 0 Å². The smallest absolute Gasteiger partial charge is 0.00699 e. The Bertz CT molecular complexity index is 304. The van der Waals surface area contributed by atoms with Crippen LogP contribution in [0.1, 0.15) is 25.8 Å². The fourth-order valence-corrected chi connectivity index (χ4v) is 1.35. The summed E-state index contributed by atoms with van der Waals surface area (Å²) in [4.78, 5) is 0. The van der Waals surface area contributed by atoms with Crippen molar-refractivity contribution in [1.29, 1.82) is 0 Å². The van der Waals surface area contributed by atoms with Gasteiger partial charge in [-0.15, -0.1) is 0 Å². The SMILES string of the molecule is C=C(C)C/C(=C\C)c1ccccc1. The second-order valence-electron chi connectivity index (χ2n) is 3.31. The molecule has 0 fully saturated rings. The zero-order chi connectivity index (χ0) is 9.68. The summed E-state index contributed by atoms with van der Waals surface area (Å²) in [6.45, 7) is 8.06. The van der Waals surface area contributed by atoms with Gasteiger partial charge in [0.05, 0.1) is 0 Å². The zero-order valence-corrected chi connectivity index (χ0v) is 8.38. The van der Waals surface area contributed by atoms with Gasteiger partial charge >= 0.3 is 0 Å². The van der Waals surface area contributed by atoms with E-state index in [-0.39, 0.29) is 0 Å². The molecule has 0 aromatic heterocycles. The Morgan fingerprint density at radius 1 is 1.31 bits per heavy atom. The van der Waals surface area contributed by atoms with Gasteiger partial charge in [0.25, 0.3) is 0 Å². The van der Waals surface area contributed by atoms with Crippen molar-refractivity contribution in [1.82, 2.24) is 0 Å². The molecular weight excluding hydrogens is 156 g/mol. The molecular formula is C13H16. The third-order valence-electron chi connectivity index (χ3n) is 1.99. The van der Waals surface area contributed by atoms with Gasteiger partial charge in [0.15, 0.2) is 0 Å². The first-order chi connectivity index (χ1) is 6.24. The Hall–Kier alpha value is -1.30. The third-order valence-corrected chi connectivity index (χ3v) is 1.99. The van der Waals surface area contributed by atoms with Gasteiger partial charge in [0.1, 0.15) is 0 Å². The predicted octanol–water partition coefficient (Wildman–Crippen LogP) is 4.06. The molecule has 0 unspecified atom stereocenters. The standard InChI is InChI=1S/C13H16/c1-4-12(10-11(2)3)13-8-6-5-7-9-13/h4-9H,2,10H2,1,3H3/b12-4+. The molecule has 0 heteroatoms. The van der Waals surface area contributed by atoms with Crippen molar-refractivity contribution < 1.29 is 0 Å². The summed E-state index contributed by atoms with van der Waals surface area (Å²) in [5.74, 6) is 0. The molecule has 1 aromatic carbocycles. The number of hydrogen-bond donors (Lipinski definition) is 0. The number of rotatable bonds is 3. The van der Waals surface area contributed by atoms with E-state index in [0.717, 1.165) is 6.42 Å². The van der Waals surface area contributed by atoms with Crippen molar-refractivity contribution in [2.24, 2.45) is 0 Å². The highest BCUT2D eigenvalue weighted by molar-refractivity contribution is 5.66. The van der Waals surface area contributed by atoms with E-state index >= 15 is 0 Å². The van der Waals surface area contributed by atoms with E-state index in [1.54, 1.807) is 0 Å². The Morgan fingerprint density at radius 2 is 1.92 bits per heavy atom. The van der Waals surface area contributed by atoms with Crippen LogP contribution in [0.3, 0.4) is 0 Å². The molecule has 0 heterocycles. The van der Waals surface area contributed by atoms with Gasteiger partial charge in [-0.3, -0.25) is 0 Å². The molecule has 1 aromatic rings. The normalized spacial score (nSPS) is 11.4. The van der Waals surface area contributed by atoms with Crippen LogP contribution in [0.15, 0.2) is 48.6 Å². The molecule has 0 saturated carbocycles. The second-order valence-corrected chi connectivity index (χ2v) is 3.31. The maximum Gasteiger partial charge on any atom is -0.00699 e. The average molecular weight is 172 g/mol. The van der Waals surface area contributed by atoms with Crippen molar-refractivity contribution >= 4 is 5.57 Å². The molecule has 68 valence electrons. The minimum absolute atomic E-state index is 0.973. The van der Waals surface area contributed by atoms with Gasteiger partial charge < -0.3 is 0 Å². The second kappa shape index (κ2) is 4.66. The monoisotopic (exact) mass is 172 g/mol. The maximum absolute atomic E-state index is 3.93. The van der Waals surface area contributed by atoms with Crippen molar-refractivity contribution in [3.63, 3.8) is 0 Å². The van der Waals surface area contributed by atoms with Crippen LogP contribution in [-0.2, 0) is 0 Å². The number of benzene rings is 1. The van der Waals surface area contributed by atoms with E-state index in [4.69, 9.17) is 0 Å². The molecule has 0 saturated heterocycles. The van der Waals surface area contributed by atoms with Gasteiger partial charge in [-0.25, -0.2) is 0 Å². The van der Waals surface area contributed by atoms with Crippen molar-refractivity contribution in [2.75, 3.05) is 0 Å². The zero-order valence-electron chi connectivity index (χ0n) is 8.38. The van der Waals surface area contributed by atoms with Crippen LogP contribution < -0.4 is 0 Å². The van der Waals surface area contributed by atoms with E-state index in [1.807, 2.05) is 6.07 Å². The van der Waals surface area contributed by atoms with Crippen molar-refractivity contribution in [3.8, 4) is 0 Å². The van der Waals surface area contributed by atoms with Gasteiger partial charge in [0.2, 0.25) is 0 Å². The molecule has 0 amide bonds. The van der Waals surface area contributed by atoms with E-state index in [0.29, 0.717) is 0 Å². The molecule has 0 nitrogen and oxygen atoms in total. The number of allylic oxidation sites excluding steroid dienone is 3. The molecule has 1 rings (SSSR count). The van der Waals surface area contributed by atoms with Crippen LogP contribution >= 0.6 is 0 Å². The lowest BCUT2D eigenvalue weighted by atomic mass is 10.00. The van der Waals surface area contributed by atoms with Crippen LogP contribution in [0.5, 0.6) is 0 Å². The molecule has 0 aliphatic carbocycles. The first kappa shape index (κ1) is 9.79. The van der Waals surface area contributed by atoms with Gasteiger partial charge in [0, 0.05) is 0 Å². The fraction of sp³-hybridized carbons (Fsp3) is 0.231. The highest BCUT2D eigenvalue weighted by Gasteiger charge is 1.98. The Kier molecular flexibility index (Phi) is 3.51. The molecule has 13 heavy (non-hydrogen) atoms. The van der Waals surface area contributed by atoms with Crippen LogP contribution in [0, 0.1) is 0 Å². The highest BCUT2D eigenvalue weighted by atomic mass is 14.0. The predicted molar refractivity (Wildman–Crippen MR) is 59.5 cm³/mol. The lowest BCUT2D eigenvalue weighted by Crippen LogP contribution is -1.84. The first-order valence-electron chi connectivity index (χ1n) is 4.59. The van der Waals surface area contributed by atoms with Crippen LogP contribution in [0.4, 0.5) is 0 Å². The molecule has 0 radical (unpaired) electrons. The topological polar surface area (TPSA) is 0 Å². The Labute approximate surface area is 80.6 Å². The first-order valence-corrected chi connectivity index (χ1v) is 4.59. The summed E-state index contributed by atoms with van der Waals surface area (Å²) < 4.78 is 0. The maximum atomic E-state index is 3.93. The summed E-state index contributed by atoms with van der Waals surface area (Å²) in [5, 5.41) is 0.